The third-order valence-electron chi connectivity index (χ3n) is 3.83. The first-order valence-corrected chi connectivity index (χ1v) is 8.04. The highest BCUT2D eigenvalue weighted by atomic mass is 14.9. The highest BCUT2D eigenvalue weighted by Crippen LogP contribution is 2.17. The Morgan fingerprint density at radius 1 is 0.957 bits per heavy atom. The summed E-state index contributed by atoms with van der Waals surface area (Å²) in [5, 5.41) is 1.29. The van der Waals surface area contributed by atoms with Crippen molar-refractivity contribution in [2.45, 2.75) is 19.9 Å². The molecule has 0 radical (unpaired) electrons. The number of aryl methyl sites for hydroxylation is 1. The largest absolute Gasteiger partial charge is 0.261 e. The van der Waals surface area contributed by atoms with Crippen molar-refractivity contribution in [3.05, 3.63) is 78.5 Å². The highest BCUT2D eigenvalue weighted by molar-refractivity contribution is 5.85. The molecule has 2 heteroatoms. The zero-order chi connectivity index (χ0) is 15.9. The van der Waals surface area contributed by atoms with Gasteiger partial charge in [0.25, 0.3) is 0 Å². The highest BCUT2D eigenvalue weighted by Gasteiger charge is 2.08. The molecule has 23 heavy (non-hydrogen) atoms. The van der Waals surface area contributed by atoms with Crippen LogP contribution in [0.4, 0.5) is 5.69 Å². The summed E-state index contributed by atoms with van der Waals surface area (Å²) in [6.07, 6.45) is 9.26. The van der Waals surface area contributed by atoms with Crippen molar-refractivity contribution in [2.75, 3.05) is 0 Å². The first kappa shape index (κ1) is 15.2. The Kier molecular flexibility index (Phi) is 4.95. The van der Waals surface area contributed by atoms with Crippen molar-refractivity contribution in [3.8, 4) is 0 Å². The molecule has 0 bridgehead atoms. The van der Waals surface area contributed by atoms with Crippen LogP contribution < -0.4 is 4.57 Å². The lowest BCUT2D eigenvalue weighted by atomic mass is 10.1. The number of rotatable bonds is 5. The van der Waals surface area contributed by atoms with Crippen molar-refractivity contribution in [2.24, 2.45) is 4.99 Å². The zero-order valence-electron chi connectivity index (χ0n) is 13.4. The number of nitrogens with zero attached hydrogens (tertiary/aromatic N) is 2. The van der Waals surface area contributed by atoms with Gasteiger partial charge in [-0.15, -0.1) is 0 Å². The minimum atomic E-state index is 0.825. The lowest BCUT2D eigenvalue weighted by Gasteiger charge is -2.02. The molecule has 0 N–H and O–H groups in total. The predicted octanol–water partition coefficient (Wildman–Crippen LogP) is 4.95. The van der Waals surface area contributed by atoms with E-state index in [0.717, 1.165) is 18.7 Å². The number of hydrogen-bond acceptors (Lipinski definition) is 1. The van der Waals surface area contributed by atoms with Gasteiger partial charge in [0, 0.05) is 24.8 Å². The molecular weight excluding hydrogens is 280 g/mol. The summed E-state index contributed by atoms with van der Waals surface area (Å²) < 4.78 is 2.27. The van der Waals surface area contributed by atoms with Crippen molar-refractivity contribution >= 4 is 28.9 Å². The second-order valence-electron chi connectivity index (χ2n) is 5.36. The van der Waals surface area contributed by atoms with Gasteiger partial charge in [-0.2, -0.15) is 4.57 Å². The quantitative estimate of drug-likeness (QED) is 0.468. The topological polar surface area (TPSA) is 16.2 Å². The van der Waals surface area contributed by atoms with E-state index in [1.54, 1.807) is 0 Å². The molecule has 0 saturated heterocycles. The van der Waals surface area contributed by atoms with Gasteiger partial charge in [0.1, 0.15) is 6.54 Å². The van der Waals surface area contributed by atoms with E-state index in [1.807, 2.05) is 36.5 Å². The van der Waals surface area contributed by atoms with Crippen molar-refractivity contribution in [1.29, 1.82) is 0 Å². The fourth-order valence-corrected chi connectivity index (χ4v) is 2.66. The van der Waals surface area contributed by atoms with Gasteiger partial charge in [-0.25, -0.2) is 0 Å². The van der Waals surface area contributed by atoms with Crippen molar-refractivity contribution in [1.82, 2.24) is 0 Å². The number of pyridine rings is 1. The molecule has 0 atom stereocenters. The molecule has 0 saturated carbocycles. The first-order chi connectivity index (χ1) is 11.4. The van der Waals surface area contributed by atoms with Crippen LogP contribution in [-0.4, -0.2) is 6.21 Å². The van der Waals surface area contributed by atoms with Crippen molar-refractivity contribution < 1.29 is 4.57 Å². The smallest absolute Gasteiger partial charge is 0.213 e. The van der Waals surface area contributed by atoms with E-state index in [1.165, 1.54) is 16.5 Å². The normalized spacial score (nSPS) is 11.7. The molecule has 0 aliphatic carbocycles. The third kappa shape index (κ3) is 3.72. The molecule has 0 unspecified atom stereocenters. The summed E-state index contributed by atoms with van der Waals surface area (Å²) in [6.45, 7) is 3.15. The number of para-hydroxylation sites is 2. The Morgan fingerprint density at radius 3 is 2.57 bits per heavy atom. The van der Waals surface area contributed by atoms with Crippen LogP contribution in [0.25, 0.3) is 17.0 Å². The van der Waals surface area contributed by atoms with Crippen LogP contribution in [0.15, 0.2) is 77.9 Å². The number of aromatic nitrogens is 1. The van der Waals surface area contributed by atoms with Gasteiger partial charge in [-0.3, -0.25) is 4.99 Å². The van der Waals surface area contributed by atoms with Crippen molar-refractivity contribution in [3.63, 3.8) is 0 Å². The van der Waals surface area contributed by atoms with Gasteiger partial charge in [-0.1, -0.05) is 42.5 Å². The van der Waals surface area contributed by atoms with Gasteiger partial charge in [0.2, 0.25) is 5.52 Å². The standard InChI is InChI=1S/C21H21N2/c1-2-23-17-15-18(20-13-6-7-14-21(20)23)10-8-9-16-22-19-11-4-3-5-12-19/h3-8,10-17H,2,9H2,1H3/q+1. The molecule has 2 nitrogen and oxygen atoms in total. The molecule has 1 aromatic heterocycles. The van der Waals surface area contributed by atoms with Crippen LogP contribution in [0.2, 0.25) is 0 Å². The van der Waals surface area contributed by atoms with E-state index in [9.17, 15) is 0 Å². The Balaban J connectivity index is 1.75. The van der Waals surface area contributed by atoms with Gasteiger partial charge in [0.15, 0.2) is 6.20 Å². The number of aliphatic imine (C=N–C) groups is 1. The number of benzene rings is 2. The summed E-state index contributed by atoms with van der Waals surface area (Å²) in [5.41, 5.74) is 3.52. The van der Waals surface area contributed by atoms with E-state index in [0.29, 0.717) is 0 Å². The number of fused-ring (bicyclic) bond motifs is 1. The maximum absolute atomic E-state index is 4.45. The molecule has 0 amide bonds. The molecule has 0 spiro atoms. The average molecular weight is 301 g/mol. The molecular formula is C21H21N2+. The summed E-state index contributed by atoms with van der Waals surface area (Å²) in [5.74, 6) is 0. The molecule has 0 fully saturated rings. The Morgan fingerprint density at radius 2 is 1.74 bits per heavy atom. The fraction of sp³-hybridized carbons (Fsp3) is 0.143. The molecule has 114 valence electrons. The molecule has 0 aliphatic rings. The van der Waals surface area contributed by atoms with Gasteiger partial charge in [-0.05, 0) is 30.7 Å². The van der Waals surface area contributed by atoms with E-state index < -0.39 is 0 Å². The summed E-state index contributed by atoms with van der Waals surface area (Å²) in [4.78, 5) is 4.45. The number of allylic oxidation sites excluding steroid dienone is 1. The van der Waals surface area contributed by atoms with Gasteiger partial charge < -0.3 is 0 Å². The maximum Gasteiger partial charge on any atom is 0.213 e. The lowest BCUT2D eigenvalue weighted by molar-refractivity contribution is -0.667. The SMILES string of the molecule is CC[n+]1ccc(C=CCC=Nc2ccccc2)c2ccccc21. The van der Waals surface area contributed by atoms with Crippen LogP contribution >= 0.6 is 0 Å². The van der Waals surface area contributed by atoms with E-state index >= 15 is 0 Å². The molecule has 3 aromatic rings. The van der Waals surface area contributed by atoms with E-state index in [4.69, 9.17) is 0 Å². The Hall–Kier alpha value is -2.74. The van der Waals surface area contributed by atoms with E-state index in [2.05, 4.69) is 65.2 Å². The summed E-state index contributed by atoms with van der Waals surface area (Å²) >= 11 is 0. The monoisotopic (exact) mass is 301 g/mol. The fourth-order valence-electron chi connectivity index (χ4n) is 2.66. The minimum Gasteiger partial charge on any atom is -0.261 e. The minimum absolute atomic E-state index is 0.825. The molecule has 3 rings (SSSR count). The van der Waals surface area contributed by atoms with E-state index in [-0.39, 0.29) is 0 Å². The first-order valence-electron chi connectivity index (χ1n) is 8.04. The third-order valence-corrected chi connectivity index (χ3v) is 3.83. The second kappa shape index (κ2) is 7.50. The van der Waals surface area contributed by atoms with Crippen LogP contribution in [0.5, 0.6) is 0 Å². The Bertz CT molecular complexity index is 833. The van der Waals surface area contributed by atoms with Gasteiger partial charge >= 0.3 is 0 Å². The van der Waals surface area contributed by atoms with Gasteiger partial charge in [0.05, 0.1) is 11.1 Å². The molecule has 0 aliphatic heterocycles. The summed E-state index contributed by atoms with van der Waals surface area (Å²) in [7, 11) is 0. The average Bonchev–Trinajstić information content (AvgIpc) is 2.62. The molecule has 1 heterocycles. The zero-order valence-corrected chi connectivity index (χ0v) is 13.4. The second-order valence-corrected chi connectivity index (χ2v) is 5.36. The summed E-state index contributed by atoms with van der Waals surface area (Å²) in [6, 6.07) is 20.7. The number of hydrogen-bond donors (Lipinski definition) is 0. The maximum atomic E-state index is 4.45. The van der Waals surface area contributed by atoms with Crippen LogP contribution in [0, 0.1) is 0 Å². The molecule has 2 aromatic carbocycles. The van der Waals surface area contributed by atoms with Crippen LogP contribution in [-0.2, 0) is 6.54 Å². The Labute approximate surface area is 137 Å². The lowest BCUT2D eigenvalue weighted by Crippen LogP contribution is -2.32. The predicted molar refractivity (Wildman–Crippen MR) is 98.1 cm³/mol. The van der Waals surface area contributed by atoms with Crippen LogP contribution in [0.3, 0.4) is 0 Å². The van der Waals surface area contributed by atoms with Crippen LogP contribution in [0.1, 0.15) is 18.9 Å².